The summed E-state index contributed by atoms with van der Waals surface area (Å²) in [6.45, 7) is 3.77. The summed E-state index contributed by atoms with van der Waals surface area (Å²) in [5, 5.41) is 0. The lowest BCUT2D eigenvalue weighted by Crippen LogP contribution is -2.16. The maximum absolute atomic E-state index is 11.3. The van der Waals surface area contributed by atoms with E-state index in [1.165, 1.54) is 71.8 Å². The van der Waals surface area contributed by atoms with Gasteiger partial charge >= 0.3 is 11.9 Å². The highest BCUT2D eigenvalue weighted by atomic mass is 16.5. The van der Waals surface area contributed by atoms with Gasteiger partial charge in [0.05, 0.1) is 7.11 Å². The fourth-order valence-corrected chi connectivity index (χ4v) is 3.63. The molecule has 4 nitrogen and oxygen atoms in total. The third kappa shape index (κ3) is 19.7. The highest BCUT2D eigenvalue weighted by molar-refractivity contribution is 5.68. The molecule has 0 bridgehead atoms. The van der Waals surface area contributed by atoms with Gasteiger partial charge < -0.3 is 9.47 Å². The van der Waals surface area contributed by atoms with Gasteiger partial charge in [0.2, 0.25) is 0 Å². The van der Waals surface area contributed by atoms with E-state index >= 15 is 0 Å². The molecule has 0 N–H and O–H groups in total. The largest absolute Gasteiger partial charge is 0.469 e. The molecule has 0 saturated carbocycles. The standard InChI is InChI=1S/C24H46O4/c1-4-5-6-7-8-9-10-11-13-16-19-23(28-22(2)25)20-17-14-12-15-18-21-24(26)27-3/h23H,4-21H2,1-3H3. The molecule has 166 valence electrons. The van der Waals surface area contributed by atoms with Crippen LogP contribution in [-0.4, -0.2) is 25.2 Å². The number of carbonyl (C=O) groups is 2. The number of esters is 2. The quantitative estimate of drug-likeness (QED) is 0.162. The Kier molecular flexibility index (Phi) is 19.9. The molecule has 0 aromatic heterocycles. The van der Waals surface area contributed by atoms with Gasteiger partial charge in [0.15, 0.2) is 0 Å². The van der Waals surface area contributed by atoms with Crippen LogP contribution in [0.5, 0.6) is 0 Å². The van der Waals surface area contributed by atoms with E-state index in [-0.39, 0.29) is 18.0 Å². The van der Waals surface area contributed by atoms with Crippen molar-refractivity contribution >= 4 is 11.9 Å². The van der Waals surface area contributed by atoms with Gasteiger partial charge in [-0.2, -0.15) is 0 Å². The van der Waals surface area contributed by atoms with Crippen LogP contribution in [0.1, 0.15) is 129 Å². The topological polar surface area (TPSA) is 52.6 Å². The Morgan fingerprint density at radius 2 is 1.11 bits per heavy atom. The van der Waals surface area contributed by atoms with Crippen molar-refractivity contribution in [2.45, 2.75) is 136 Å². The molecule has 1 unspecified atom stereocenters. The zero-order chi connectivity index (χ0) is 20.9. The first-order valence-electron chi connectivity index (χ1n) is 11.8. The molecule has 0 aliphatic carbocycles. The molecule has 0 fully saturated rings. The van der Waals surface area contributed by atoms with Crippen molar-refractivity contribution in [2.75, 3.05) is 7.11 Å². The van der Waals surface area contributed by atoms with Crippen molar-refractivity contribution in [3.05, 3.63) is 0 Å². The molecule has 0 heterocycles. The first-order chi connectivity index (χ1) is 13.6. The van der Waals surface area contributed by atoms with Gasteiger partial charge in [-0.3, -0.25) is 9.59 Å². The summed E-state index contributed by atoms with van der Waals surface area (Å²) >= 11 is 0. The van der Waals surface area contributed by atoms with E-state index in [1.54, 1.807) is 0 Å². The second kappa shape index (κ2) is 20.7. The van der Waals surface area contributed by atoms with Crippen molar-refractivity contribution in [2.24, 2.45) is 0 Å². The second-order valence-corrected chi connectivity index (χ2v) is 8.08. The minimum Gasteiger partial charge on any atom is -0.469 e. The number of hydrogen-bond donors (Lipinski definition) is 0. The summed E-state index contributed by atoms with van der Waals surface area (Å²) in [6, 6.07) is 0. The smallest absolute Gasteiger partial charge is 0.305 e. The Labute approximate surface area is 174 Å². The molecule has 1 atom stereocenters. The number of rotatable bonds is 20. The van der Waals surface area contributed by atoms with E-state index in [0.29, 0.717) is 6.42 Å². The highest BCUT2D eigenvalue weighted by Crippen LogP contribution is 2.17. The first kappa shape index (κ1) is 26.9. The van der Waals surface area contributed by atoms with Gasteiger partial charge in [0.25, 0.3) is 0 Å². The number of ether oxygens (including phenoxy) is 2. The van der Waals surface area contributed by atoms with Crippen LogP contribution in [0.4, 0.5) is 0 Å². The van der Waals surface area contributed by atoms with E-state index in [2.05, 4.69) is 11.7 Å². The van der Waals surface area contributed by atoms with E-state index < -0.39 is 0 Å². The van der Waals surface area contributed by atoms with Crippen LogP contribution in [0.2, 0.25) is 0 Å². The molecular weight excluding hydrogens is 352 g/mol. The molecular formula is C24H46O4. The summed E-state index contributed by atoms with van der Waals surface area (Å²) in [5.74, 6) is -0.276. The van der Waals surface area contributed by atoms with E-state index in [4.69, 9.17) is 4.74 Å². The fraction of sp³-hybridized carbons (Fsp3) is 0.917. The molecule has 0 aromatic rings. The van der Waals surface area contributed by atoms with Crippen LogP contribution in [0.3, 0.4) is 0 Å². The predicted molar refractivity (Wildman–Crippen MR) is 116 cm³/mol. The van der Waals surface area contributed by atoms with Gasteiger partial charge in [0.1, 0.15) is 6.10 Å². The number of methoxy groups -OCH3 is 1. The van der Waals surface area contributed by atoms with E-state index in [9.17, 15) is 9.59 Å². The summed E-state index contributed by atoms with van der Waals surface area (Å²) in [6.07, 6.45) is 21.2. The maximum Gasteiger partial charge on any atom is 0.305 e. The van der Waals surface area contributed by atoms with Crippen LogP contribution in [0.15, 0.2) is 0 Å². The number of unbranched alkanes of at least 4 members (excludes halogenated alkanes) is 13. The lowest BCUT2D eigenvalue weighted by molar-refractivity contribution is -0.147. The number of hydrogen-bond acceptors (Lipinski definition) is 4. The second-order valence-electron chi connectivity index (χ2n) is 8.08. The molecule has 0 saturated heterocycles. The molecule has 0 spiro atoms. The van der Waals surface area contributed by atoms with Crippen LogP contribution in [0.25, 0.3) is 0 Å². The van der Waals surface area contributed by atoms with Crippen molar-refractivity contribution < 1.29 is 19.1 Å². The van der Waals surface area contributed by atoms with Gasteiger partial charge in [-0.05, 0) is 32.1 Å². The predicted octanol–water partition coefficient (Wildman–Crippen LogP) is 7.13. The number of carbonyl (C=O) groups excluding carboxylic acids is 2. The normalized spacial score (nSPS) is 12.0. The Morgan fingerprint density at radius 3 is 1.54 bits per heavy atom. The zero-order valence-corrected chi connectivity index (χ0v) is 18.9. The Morgan fingerprint density at radius 1 is 0.679 bits per heavy atom. The molecule has 0 aliphatic heterocycles. The first-order valence-corrected chi connectivity index (χ1v) is 11.8. The Balaban J connectivity index is 3.63. The third-order valence-electron chi connectivity index (χ3n) is 5.35. The Hall–Kier alpha value is -1.06. The molecule has 0 aliphatic rings. The molecule has 28 heavy (non-hydrogen) atoms. The van der Waals surface area contributed by atoms with Crippen LogP contribution in [0, 0.1) is 0 Å². The average Bonchev–Trinajstić information content (AvgIpc) is 2.67. The molecule has 4 heteroatoms. The lowest BCUT2D eigenvalue weighted by Gasteiger charge is -2.17. The molecule has 0 radical (unpaired) electrons. The van der Waals surface area contributed by atoms with Gasteiger partial charge in [0, 0.05) is 13.3 Å². The van der Waals surface area contributed by atoms with E-state index in [1.807, 2.05) is 0 Å². The summed E-state index contributed by atoms with van der Waals surface area (Å²) in [4.78, 5) is 22.4. The third-order valence-corrected chi connectivity index (χ3v) is 5.35. The van der Waals surface area contributed by atoms with Crippen molar-refractivity contribution in [1.82, 2.24) is 0 Å². The highest BCUT2D eigenvalue weighted by Gasteiger charge is 2.11. The minimum atomic E-state index is -0.157. The summed E-state index contributed by atoms with van der Waals surface area (Å²) in [7, 11) is 1.44. The zero-order valence-electron chi connectivity index (χ0n) is 18.9. The maximum atomic E-state index is 11.3. The molecule has 0 aromatic carbocycles. The summed E-state index contributed by atoms with van der Waals surface area (Å²) in [5.41, 5.74) is 0. The lowest BCUT2D eigenvalue weighted by atomic mass is 10.0. The summed E-state index contributed by atoms with van der Waals surface area (Å²) < 4.78 is 10.2. The van der Waals surface area contributed by atoms with Crippen LogP contribution in [-0.2, 0) is 19.1 Å². The van der Waals surface area contributed by atoms with E-state index in [0.717, 1.165) is 51.4 Å². The minimum absolute atomic E-state index is 0.0848. The fourth-order valence-electron chi connectivity index (χ4n) is 3.63. The molecule has 0 amide bonds. The SMILES string of the molecule is CCCCCCCCCCCCC(CCCCCCCC(=O)OC)OC(C)=O. The van der Waals surface area contributed by atoms with Crippen molar-refractivity contribution in [3.63, 3.8) is 0 Å². The monoisotopic (exact) mass is 398 g/mol. The van der Waals surface area contributed by atoms with Crippen molar-refractivity contribution in [1.29, 1.82) is 0 Å². The van der Waals surface area contributed by atoms with Crippen LogP contribution >= 0.6 is 0 Å². The molecule has 0 rings (SSSR count). The van der Waals surface area contributed by atoms with Crippen LogP contribution < -0.4 is 0 Å². The average molecular weight is 399 g/mol. The van der Waals surface area contributed by atoms with Gasteiger partial charge in [-0.25, -0.2) is 0 Å². The Bertz CT molecular complexity index is 368. The van der Waals surface area contributed by atoms with Crippen molar-refractivity contribution in [3.8, 4) is 0 Å². The van der Waals surface area contributed by atoms with Gasteiger partial charge in [-0.1, -0.05) is 84.0 Å². The van der Waals surface area contributed by atoms with Gasteiger partial charge in [-0.15, -0.1) is 0 Å².